The number of nitrogens with one attached hydrogen (secondary N) is 1. The maximum atomic E-state index is 13.1. The highest BCUT2D eigenvalue weighted by Gasteiger charge is 2.37. The van der Waals surface area contributed by atoms with Crippen LogP contribution in [-0.2, 0) is 21.4 Å². The zero-order valence-corrected chi connectivity index (χ0v) is 17.2. The molecule has 0 aromatic heterocycles. The number of nitrogens with zero attached hydrogens (tertiary/aromatic N) is 1. The molecule has 8 heteroatoms. The van der Waals surface area contributed by atoms with E-state index in [1.54, 1.807) is 7.11 Å². The summed E-state index contributed by atoms with van der Waals surface area (Å²) in [6.07, 6.45) is 2.03. The normalized spacial score (nSPS) is 17.9. The smallest absolute Gasteiger partial charge is 0.243 e. The Balaban J connectivity index is 1.74. The van der Waals surface area contributed by atoms with Gasteiger partial charge in [-0.15, -0.1) is 0 Å². The molecule has 1 saturated heterocycles. The average molecular weight is 423 g/mol. The van der Waals surface area contributed by atoms with Gasteiger partial charge in [0.25, 0.3) is 0 Å². The maximum Gasteiger partial charge on any atom is 0.243 e. The minimum Gasteiger partial charge on any atom is -0.497 e. The van der Waals surface area contributed by atoms with Gasteiger partial charge in [0.2, 0.25) is 15.9 Å². The number of carbonyl (C=O) groups excluding carboxylic acids is 1. The first kappa shape index (κ1) is 20.6. The van der Waals surface area contributed by atoms with Gasteiger partial charge < -0.3 is 10.1 Å². The van der Waals surface area contributed by atoms with Crippen LogP contribution in [0.5, 0.6) is 5.75 Å². The van der Waals surface area contributed by atoms with Gasteiger partial charge in [0.1, 0.15) is 11.8 Å². The van der Waals surface area contributed by atoms with Gasteiger partial charge >= 0.3 is 0 Å². The summed E-state index contributed by atoms with van der Waals surface area (Å²) in [6, 6.07) is 12.7. The van der Waals surface area contributed by atoms with Crippen molar-refractivity contribution in [2.75, 3.05) is 13.7 Å². The number of ether oxygens (including phenoxy) is 1. The Morgan fingerprint density at radius 3 is 2.68 bits per heavy atom. The molecule has 150 valence electrons. The summed E-state index contributed by atoms with van der Waals surface area (Å²) in [5, 5.41) is 3.32. The second kappa shape index (κ2) is 8.94. The van der Waals surface area contributed by atoms with Crippen LogP contribution in [0.4, 0.5) is 0 Å². The third-order valence-electron chi connectivity index (χ3n) is 4.78. The highest BCUT2D eigenvalue weighted by molar-refractivity contribution is 7.89. The zero-order valence-electron chi connectivity index (χ0n) is 15.6. The number of rotatable bonds is 6. The molecule has 3 rings (SSSR count). The number of benzene rings is 2. The van der Waals surface area contributed by atoms with Crippen LogP contribution in [0.25, 0.3) is 0 Å². The van der Waals surface area contributed by atoms with E-state index in [-0.39, 0.29) is 10.8 Å². The largest absolute Gasteiger partial charge is 0.497 e. The van der Waals surface area contributed by atoms with E-state index in [1.807, 2.05) is 24.3 Å². The number of methoxy groups -OCH3 is 1. The van der Waals surface area contributed by atoms with Crippen LogP contribution in [0.2, 0.25) is 5.02 Å². The van der Waals surface area contributed by atoms with Crippen molar-refractivity contribution in [3.8, 4) is 5.75 Å². The molecule has 6 nitrogen and oxygen atoms in total. The summed E-state index contributed by atoms with van der Waals surface area (Å²) in [4.78, 5) is 12.9. The van der Waals surface area contributed by atoms with Crippen LogP contribution < -0.4 is 10.1 Å². The third-order valence-corrected chi connectivity index (χ3v) is 6.95. The summed E-state index contributed by atoms with van der Waals surface area (Å²) in [5.74, 6) is 0.413. The van der Waals surface area contributed by atoms with Gasteiger partial charge in [0.05, 0.1) is 12.0 Å². The van der Waals surface area contributed by atoms with E-state index >= 15 is 0 Å². The second-order valence-corrected chi connectivity index (χ2v) is 8.98. The molecule has 1 heterocycles. The van der Waals surface area contributed by atoms with Crippen LogP contribution in [0, 0.1) is 0 Å². The van der Waals surface area contributed by atoms with Crippen molar-refractivity contribution in [3.05, 3.63) is 59.1 Å². The lowest BCUT2D eigenvalue weighted by Crippen LogP contribution is -2.51. The highest BCUT2D eigenvalue weighted by Crippen LogP contribution is 2.26. The fraction of sp³-hybridized carbons (Fsp3) is 0.350. The lowest BCUT2D eigenvalue weighted by molar-refractivity contribution is -0.125. The molecule has 2 aromatic carbocycles. The molecule has 1 aliphatic rings. The van der Waals surface area contributed by atoms with E-state index in [9.17, 15) is 13.2 Å². The van der Waals surface area contributed by atoms with Crippen molar-refractivity contribution < 1.29 is 17.9 Å². The zero-order chi connectivity index (χ0) is 20.1. The number of halogens is 1. The molecule has 2 aromatic rings. The Morgan fingerprint density at radius 2 is 1.96 bits per heavy atom. The standard InChI is InChI=1S/C20H23ClN2O4S/c1-27-17-6-4-5-15(13-17)14-22-20(24)19-7-2-3-12-23(19)28(25,26)18-10-8-16(21)9-11-18/h4-6,8-11,13,19H,2-3,7,12,14H2,1H3,(H,22,24). The van der Waals surface area contributed by atoms with Gasteiger partial charge in [0.15, 0.2) is 0 Å². The van der Waals surface area contributed by atoms with Gasteiger partial charge in [-0.2, -0.15) is 4.31 Å². The van der Waals surface area contributed by atoms with E-state index in [4.69, 9.17) is 16.3 Å². The number of carbonyl (C=O) groups is 1. The molecular weight excluding hydrogens is 400 g/mol. The molecule has 0 spiro atoms. The molecule has 0 radical (unpaired) electrons. The average Bonchev–Trinajstić information content (AvgIpc) is 2.72. The first-order valence-corrected chi connectivity index (χ1v) is 10.9. The SMILES string of the molecule is COc1cccc(CNC(=O)C2CCCCN2S(=O)(=O)c2ccc(Cl)cc2)c1. The molecule has 0 aliphatic carbocycles. The molecule has 0 saturated carbocycles. The summed E-state index contributed by atoms with van der Waals surface area (Å²) >= 11 is 5.87. The Kier molecular flexibility index (Phi) is 6.59. The molecular formula is C20H23ClN2O4S. The Morgan fingerprint density at radius 1 is 1.21 bits per heavy atom. The molecule has 1 atom stereocenters. The fourth-order valence-corrected chi connectivity index (χ4v) is 5.07. The molecule has 0 bridgehead atoms. The molecule has 28 heavy (non-hydrogen) atoms. The summed E-state index contributed by atoms with van der Waals surface area (Å²) in [6.45, 7) is 0.629. The summed E-state index contributed by atoms with van der Waals surface area (Å²) in [7, 11) is -2.19. The lowest BCUT2D eigenvalue weighted by atomic mass is 10.0. The highest BCUT2D eigenvalue weighted by atomic mass is 35.5. The Bertz CT molecular complexity index is 931. The Labute approximate surface area is 170 Å². The molecule has 1 aliphatic heterocycles. The van der Waals surface area contributed by atoms with Gasteiger partial charge in [-0.3, -0.25) is 4.79 Å². The van der Waals surface area contributed by atoms with E-state index in [1.165, 1.54) is 28.6 Å². The van der Waals surface area contributed by atoms with E-state index in [0.29, 0.717) is 30.3 Å². The van der Waals surface area contributed by atoms with Crippen molar-refractivity contribution in [1.29, 1.82) is 0 Å². The predicted molar refractivity (Wildman–Crippen MR) is 108 cm³/mol. The van der Waals surface area contributed by atoms with Gasteiger partial charge in [-0.1, -0.05) is 30.2 Å². The minimum absolute atomic E-state index is 0.143. The van der Waals surface area contributed by atoms with Crippen LogP contribution in [0.1, 0.15) is 24.8 Å². The van der Waals surface area contributed by atoms with E-state index in [0.717, 1.165) is 18.4 Å². The number of amides is 1. The quantitative estimate of drug-likeness (QED) is 0.775. The number of piperidine rings is 1. The molecule has 1 unspecified atom stereocenters. The van der Waals surface area contributed by atoms with Crippen LogP contribution in [0.15, 0.2) is 53.4 Å². The molecule has 1 N–H and O–H groups in total. The molecule has 1 fully saturated rings. The summed E-state index contributed by atoms with van der Waals surface area (Å²) < 4.78 is 32.6. The first-order valence-electron chi connectivity index (χ1n) is 9.10. The van der Waals surface area contributed by atoms with Crippen molar-refractivity contribution in [2.45, 2.75) is 36.7 Å². The molecule has 1 amide bonds. The first-order chi connectivity index (χ1) is 13.4. The van der Waals surface area contributed by atoms with Gasteiger partial charge in [-0.25, -0.2) is 8.42 Å². The number of hydrogen-bond acceptors (Lipinski definition) is 4. The number of sulfonamides is 1. The Hall–Kier alpha value is -2.09. The van der Waals surface area contributed by atoms with Crippen molar-refractivity contribution in [1.82, 2.24) is 9.62 Å². The summed E-state index contributed by atoms with van der Waals surface area (Å²) in [5.41, 5.74) is 0.885. The minimum atomic E-state index is -3.77. The lowest BCUT2D eigenvalue weighted by Gasteiger charge is -2.33. The van der Waals surface area contributed by atoms with Crippen LogP contribution in [-0.4, -0.2) is 38.3 Å². The predicted octanol–water partition coefficient (Wildman–Crippen LogP) is 3.21. The number of hydrogen-bond donors (Lipinski definition) is 1. The second-order valence-electron chi connectivity index (χ2n) is 6.65. The van der Waals surface area contributed by atoms with Crippen LogP contribution in [0.3, 0.4) is 0 Å². The topological polar surface area (TPSA) is 75.7 Å². The third kappa shape index (κ3) is 4.66. The monoisotopic (exact) mass is 422 g/mol. The van der Waals surface area contributed by atoms with Crippen molar-refractivity contribution in [2.24, 2.45) is 0 Å². The van der Waals surface area contributed by atoms with Crippen LogP contribution >= 0.6 is 11.6 Å². The van der Waals surface area contributed by atoms with Crippen molar-refractivity contribution >= 4 is 27.5 Å². The van der Waals surface area contributed by atoms with Gasteiger partial charge in [-0.05, 0) is 54.8 Å². The van der Waals surface area contributed by atoms with E-state index in [2.05, 4.69) is 5.32 Å². The van der Waals surface area contributed by atoms with Gasteiger partial charge in [0, 0.05) is 18.1 Å². The maximum absolute atomic E-state index is 13.1. The van der Waals surface area contributed by atoms with E-state index < -0.39 is 16.1 Å². The fourth-order valence-electron chi connectivity index (χ4n) is 3.29. The van der Waals surface area contributed by atoms with Crippen molar-refractivity contribution in [3.63, 3.8) is 0 Å².